The number of carbonyl (C=O) groups is 5. The van der Waals surface area contributed by atoms with Crippen molar-refractivity contribution in [1.29, 1.82) is 0 Å². The van der Waals surface area contributed by atoms with E-state index in [9.17, 15) is 29.1 Å². The fourth-order valence-corrected chi connectivity index (χ4v) is 5.36. The van der Waals surface area contributed by atoms with Gasteiger partial charge in [0.2, 0.25) is 5.91 Å². The predicted molar refractivity (Wildman–Crippen MR) is 117 cm³/mol. The second kappa shape index (κ2) is 10.7. The van der Waals surface area contributed by atoms with E-state index in [1.54, 1.807) is 17.5 Å². The minimum absolute atomic E-state index is 0.0562. The van der Waals surface area contributed by atoms with E-state index >= 15 is 0 Å². The third-order valence-electron chi connectivity index (χ3n) is 4.74. The third-order valence-corrected chi connectivity index (χ3v) is 7.02. The van der Waals surface area contributed by atoms with Gasteiger partial charge in [0.25, 0.3) is 5.91 Å². The molecule has 14 heteroatoms. The molecule has 1 fully saturated rings. The van der Waals surface area contributed by atoms with E-state index in [-0.39, 0.29) is 24.8 Å². The molecule has 1 aromatic rings. The van der Waals surface area contributed by atoms with Crippen LogP contribution in [0.4, 0.5) is 4.79 Å². The Hall–Kier alpha value is -3.10. The topological polar surface area (TPSA) is 163 Å². The summed E-state index contributed by atoms with van der Waals surface area (Å²) in [6, 6.07) is 0.717. The van der Waals surface area contributed by atoms with Crippen molar-refractivity contribution < 1.29 is 38.6 Å². The van der Waals surface area contributed by atoms with Crippen LogP contribution in [0.2, 0.25) is 0 Å². The Balaban J connectivity index is 1.73. The minimum atomic E-state index is -1.33. The van der Waals surface area contributed by atoms with Crippen LogP contribution in [0.25, 0.3) is 0 Å². The van der Waals surface area contributed by atoms with Crippen molar-refractivity contribution in [2.24, 2.45) is 0 Å². The number of fused-ring (bicyclic) bond motifs is 1. The summed E-state index contributed by atoms with van der Waals surface area (Å²) in [6.45, 7) is 0.908. The van der Waals surface area contributed by atoms with Crippen LogP contribution in [-0.4, -0.2) is 77.4 Å². The maximum atomic E-state index is 13.0. The summed E-state index contributed by atoms with van der Waals surface area (Å²) < 4.78 is 9.67. The van der Waals surface area contributed by atoms with Crippen molar-refractivity contribution in [2.45, 2.75) is 24.4 Å². The van der Waals surface area contributed by atoms with E-state index < -0.39 is 47.2 Å². The fourth-order valence-electron chi connectivity index (χ4n) is 3.26. The molecule has 0 saturated carbocycles. The van der Waals surface area contributed by atoms with Gasteiger partial charge in [-0.1, -0.05) is 6.07 Å². The second-order valence-electron chi connectivity index (χ2n) is 6.97. The van der Waals surface area contributed by atoms with Gasteiger partial charge in [0.05, 0.1) is 0 Å². The molecular formula is C19H22N4O8S2. The van der Waals surface area contributed by atoms with Crippen LogP contribution < -0.4 is 16.0 Å². The molecule has 0 aromatic carbocycles. The lowest BCUT2D eigenvalue weighted by molar-refractivity contribution is -0.151. The second-order valence-corrected chi connectivity index (χ2v) is 9.05. The van der Waals surface area contributed by atoms with E-state index in [1.807, 2.05) is 0 Å². The number of thioether (sulfide) groups is 1. The standard InChI is InChI=1S/C19H22N4O8S2/c1-9(24)31-6-10-7-33-17-13(16(26)23(17)14(10)18(27)28)21-15(25)12(11-4-3-5-32-11)22-19(29)20-8-30-2/h3-5,12-13,17H,6-8H2,1-2H3,(H,21,25)(H,27,28)(H2,20,22,29)/t12?,13-,17?/m0/s1. The number of hydrogen-bond acceptors (Lipinski definition) is 9. The molecule has 2 unspecified atom stereocenters. The Morgan fingerprint density at radius 3 is 2.70 bits per heavy atom. The smallest absolute Gasteiger partial charge is 0.352 e. The number of amides is 4. The molecule has 4 N–H and O–H groups in total. The number of nitrogens with one attached hydrogen (secondary N) is 3. The zero-order chi connectivity index (χ0) is 24.1. The molecule has 0 spiro atoms. The number of aliphatic carboxylic acids is 1. The van der Waals surface area contributed by atoms with Gasteiger partial charge >= 0.3 is 18.0 Å². The van der Waals surface area contributed by atoms with Crippen molar-refractivity contribution in [3.63, 3.8) is 0 Å². The van der Waals surface area contributed by atoms with Crippen LogP contribution in [0.3, 0.4) is 0 Å². The average Bonchev–Trinajstić information content (AvgIpc) is 3.31. The predicted octanol–water partition coefficient (Wildman–Crippen LogP) is -0.00600. The number of esters is 1. The molecule has 0 aliphatic carbocycles. The van der Waals surface area contributed by atoms with Gasteiger partial charge in [-0.05, 0) is 11.4 Å². The van der Waals surface area contributed by atoms with Crippen molar-refractivity contribution in [2.75, 3.05) is 26.2 Å². The molecule has 2 aliphatic heterocycles. The Bertz CT molecular complexity index is 980. The van der Waals surface area contributed by atoms with Gasteiger partial charge < -0.3 is 30.5 Å². The molecule has 3 rings (SSSR count). The molecule has 4 amide bonds. The van der Waals surface area contributed by atoms with Crippen LogP contribution in [0.15, 0.2) is 28.8 Å². The summed E-state index contributed by atoms with van der Waals surface area (Å²) in [5.74, 6) is -2.90. The molecular weight excluding hydrogens is 476 g/mol. The summed E-state index contributed by atoms with van der Waals surface area (Å²) in [4.78, 5) is 62.4. The quantitative estimate of drug-likeness (QED) is 0.208. The van der Waals surface area contributed by atoms with Gasteiger partial charge in [-0.3, -0.25) is 19.3 Å². The highest BCUT2D eigenvalue weighted by Gasteiger charge is 2.54. The highest BCUT2D eigenvalue weighted by atomic mass is 32.2. The number of ether oxygens (including phenoxy) is 2. The number of urea groups is 1. The lowest BCUT2D eigenvalue weighted by Gasteiger charge is -2.49. The number of carboxylic acids is 1. The molecule has 12 nitrogen and oxygen atoms in total. The van der Waals surface area contributed by atoms with Crippen molar-refractivity contribution in [1.82, 2.24) is 20.9 Å². The first-order chi connectivity index (χ1) is 15.7. The van der Waals surface area contributed by atoms with Crippen molar-refractivity contribution >= 4 is 52.9 Å². The van der Waals surface area contributed by atoms with Gasteiger partial charge in [0.15, 0.2) is 0 Å². The van der Waals surface area contributed by atoms with Crippen LogP contribution in [0.1, 0.15) is 17.8 Å². The monoisotopic (exact) mass is 498 g/mol. The Kier molecular flexibility index (Phi) is 7.94. The molecule has 3 atom stereocenters. The number of carboxylic acid groups (broad SMARTS) is 1. The Labute approximate surface area is 196 Å². The van der Waals surface area contributed by atoms with Crippen LogP contribution in [0, 0.1) is 0 Å². The van der Waals surface area contributed by atoms with Crippen LogP contribution in [0.5, 0.6) is 0 Å². The maximum absolute atomic E-state index is 13.0. The zero-order valence-corrected chi connectivity index (χ0v) is 19.3. The van der Waals surface area contributed by atoms with E-state index in [4.69, 9.17) is 9.47 Å². The zero-order valence-electron chi connectivity index (χ0n) is 17.7. The summed E-state index contributed by atoms with van der Waals surface area (Å²) in [6.07, 6.45) is 0. The van der Waals surface area contributed by atoms with E-state index in [2.05, 4.69) is 16.0 Å². The van der Waals surface area contributed by atoms with Gasteiger partial charge in [-0.25, -0.2) is 9.59 Å². The average molecular weight is 499 g/mol. The summed E-state index contributed by atoms with van der Waals surface area (Å²) >= 11 is 2.50. The first-order valence-electron chi connectivity index (χ1n) is 9.65. The van der Waals surface area contributed by atoms with E-state index in [1.165, 1.54) is 37.1 Å². The number of carbonyl (C=O) groups excluding carboxylic acids is 4. The van der Waals surface area contributed by atoms with Gasteiger partial charge in [0.1, 0.15) is 36.5 Å². The summed E-state index contributed by atoms with van der Waals surface area (Å²) in [7, 11) is 1.40. The number of thiophene rings is 1. The molecule has 0 bridgehead atoms. The van der Waals surface area contributed by atoms with Crippen molar-refractivity contribution in [3.05, 3.63) is 33.7 Å². The highest BCUT2D eigenvalue weighted by Crippen LogP contribution is 2.40. The molecule has 2 aliphatic rings. The number of hydrogen-bond donors (Lipinski definition) is 4. The normalized spacial score (nSPS) is 20.3. The van der Waals surface area contributed by atoms with Crippen LogP contribution >= 0.6 is 23.1 Å². The largest absolute Gasteiger partial charge is 0.477 e. The van der Waals surface area contributed by atoms with Crippen LogP contribution in [-0.2, 0) is 28.7 Å². The molecule has 1 aromatic heterocycles. The number of methoxy groups -OCH3 is 1. The number of rotatable bonds is 9. The first-order valence-corrected chi connectivity index (χ1v) is 11.6. The maximum Gasteiger partial charge on any atom is 0.352 e. The van der Waals surface area contributed by atoms with E-state index in [0.717, 1.165) is 4.90 Å². The third kappa shape index (κ3) is 5.46. The number of nitrogens with zero attached hydrogens (tertiary/aromatic N) is 1. The highest BCUT2D eigenvalue weighted by molar-refractivity contribution is 8.00. The molecule has 178 valence electrons. The molecule has 3 heterocycles. The molecule has 33 heavy (non-hydrogen) atoms. The van der Waals surface area contributed by atoms with E-state index in [0.29, 0.717) is 10.5 Å². The number of β-lactam (4-membered cyclic amide) rings is 1. The molecule has 0 radical (unpaired) electrons. The van der Waals surface area contributed by atoms with Crippen molar-refractivity contribution in [3.8, 4) is 0 Å². The summed E-state index contributed by atoms with van der Waals surface area (Å²) in [5.41, 5.74) is 0.0485. The SMILES string of the molecule is COCNC(=O)NC(C(=O)N[C@H]1C(=O)N2C(C(=O)O)=C(COC(C)=O)CSC12)c1cccs1. The van der Waals surface area contributed by atoms with Gasteiger partial charge in [-0.15, -0.1) is 23.1 Å². The Morgan fingerprint density at radius 1 is 1.33 bits per heavy atom. The lowest BCUT2D eigenvalue weighted by Crippen LogP contribution is -2.71. The van der Waals surface area contributed by atoms with Gasteiger partial charge in [0, 0.05) is 30.2 Å². The molecule has 1 saturated heterocycles. The fraction of sp³-hybridized carbons (Fsp3) is 0.421. The lowest BCUT2D eigenvalue weighted by atomic mass is 10.0. The minimum Gasteiger partial charge on any atom is -0.477 e. The summed E-state index contributed by atoms with van der Waals surface area (Å²) in [5, 5.41) is 18.3. The van der Waals surface area contributed by atoms with Gasteiger partial charge in [-0.2, -0.15) is 0 Å². The first kappa shape index (κ1) is 24.5. The Morgan fingerprint density at radius 2 is 2.09 bits per heavy atom.